The van der Waals surface area contributed by atoms with E-state index in [1.807, 2.05) is 0 Å². The van der Waals surface area contributed by atoms with Crippen molar-refractivity contribution in [1.29, 1.82) is 0 Å². The molecule has 0 aliphatic heterocycles. The molecule has 0 spiro atoms. The van der Waals surface area contributed by atoms with E-state index in [0.717, 1.165) is 4.57 Å². The number of carbonyl (C=O) groups excluding carboxylic acids is 1. The lowest BCUT2D eigenvalue weighted by Gasteiger charge is -2.15. The van der Waals surface area contributed by atoms with Crippen LogP contribution in [-0.2, 0) is 4.79 Å². The Morgan fingerprint density at radius 3 is 2.59 bits per heavy atom. The van der Waals surface area contributed by atoms with Gasteiger partial charge in [-0.1, -0.05) is 53.9 Å². The van der Waals surface area contributed by atoms with Gasteiger partial charge in [0.15, 0.2) is 6.61 Å². The lowest BCUT2D eigenvalue weighted by atomic mass is 10.1. The summed E-state index contributed by atoms with van der Waals surface area (Å²) >= 11 is 17.7. The van der Waals surface area contributed by atoms with Crippen LogP contribution < -0.4 is 10.1 Å². The fourth-order valence-electron chi connectivity index (χ4n) is 2.78. The number of rotatable bonds is 7. The summed E-state index contributed by atoms with van der Waals surface area (Å²) in [7, 11) is 0. The van der Waals surface area contributed by atoms with Gasteiger partial charge in [0.25, 0.3) is 5.91 Å². The molecule has 0 bridgehead atoms. The number of nitrogens with one attached hydrogen (secondary N) is 1. The van der Waals surface area contributed by atoms with E-state index >= 15 is 0 Å². The SMILES string of the molecule is CC(CNC(=O)COc1cc(Cl)c(Cl)cc1Cl)c1nc2ccccc2n1C(F)F. The quantitative estimate of drug-likeness (QED) is 0.459. The van der Waals surface area contributed by atoms with Crippen molar-refractivity contribution in [1.82, 2.24) is 14.9 Å². The molecule has 3 aromatic rings. The standard InChI is InChI=1S/C19H16Cl3F2N3O2/c1-10(18-26-14-4-2-3-5-15(14)27(18)19(23)24)8-25-17(28)9-29-16-7-12(21)11(20)6-13(16)22/h2-7,10,19H,8-9H2,1H3,(H,25,28). The number of aromatic nitrogens is 2. The number of imidazole rings is 1. The highest BCUT2D eigenvalue weighted by atomic mass is 35.5. The molecule has 1 heterocycles. The molecule has 0 radical (unpaired) electrons. The molecule has 0 aliphatic rings. The second kappa shape index (κ2) is 9.15. The molecule has 1 unspecified atom stereocenters. The molecule has 1 atom stereocenters. The van der Waals surface area contributed by atoms with Gasteiger partial charge < -0.3 is 10.1 Å². The molecule has 5 nitrogen and oxygen atoms in total. The van der Waals surface area contributed by atoms with E-state index in [1.165, 1.54) is 12.1 Å². The minimum absolute atomic E-state index is 0.105. The van der Waals surface area contributed by atoms with Gasteiger partial charge in [0, 0.05) is 18.5 Å². The van der Waals surface area contributed by atoms with Gasteiger partial charge in [0.05, 0.1) is 26.1 Å². The number of ether oxygens (including phenoxy) is 1. The van der Waals surface area contributed by atoms with E-state index < -0.39 is 18.4 Å². The lowest BCUT2D eigenvalue weighted by molar-refractivity contribution is -0.123. The van der Waals surface area contributed by atoms with Crippen LogP contribution in [-0.4, -0.2) is 28.6 Å². The molecule has 1 amide bonds. The molecule has 154 valence electrons. The van der Waals surface area contributed by atoms with Gasteiger partial charge in [0.2, 0.25) is 0 Å². The maximum atomic E-state index is 13.5. The van der Waals surface area contributed by atoms with Gasteiger partial charge in [-0.3, -0.25) is 9.36 Å². The molecular formula is C19H16Cl3F2N3O2. The first-order valence-corrected chi connectivity index (χ1v) is 9.70. The van der Waals surface area contributed by atoms with Gasteiger partial charge in [-0.05, 0) is 18.2 Å². The molecule has 10 heteroatoms. The summed E-state index contributed by atoms with van der Waals surface area (Å²) < 4.78 is 33.3. The van der Waals surface area contributed by atoms with Crippen LogP contribution in [0.4, 0.5) is 8.78 Å². The first kappa shape index (κ1) is 21.6. The number of nitrogens with zero attached hydrogens (tertiary/aromatic N) is 2. The lowest BCUT2D eigenvalue weighted by Crippen LogP contribution is -2.32. The van der Waals surface area contributed by atoms with Gasteiger partial charge in [-0.25, -0.2) is 4.98 Å². The average molecular weight is 463 g/mol. The first-order valence-electron chi connectivity index (χ1n) is 8.57. The Bertz CT molecular complexity index is 1040. The summed E-state index contributed by atoms with van der Waals surface area (Å²) in [5, 5.41) is 3.37. The Balaban J connectivity index is 1.63. The summed E-state index contributed by atoms with van der Waals surface area (Å²) in [6.07, 6.45) is 0. The van der Waals surface area contributed by atoms with Gasteiger partial charge in [-0.2, -0.15) is 8.78 Å². The van der Waals surface area contributed by atoms with Gasteiger partial charge in [-0.15, -0.1) is 0 Å². The van der Waals surface area contributed by atoms with Crippen LogP contribution in [0.25, 0.3) is 11.0 Å². The van der Waals surface area contributed by atoms with Crippen molar-refractivity contribution in [2.75, 3.05) is 13.2 Å². The number of alkyl halides is 2. The van der Waals surface area contributed by atoms with Crippen LogP contribution in [0.15, 0.2) is 36.4 Å². The van der Waals surface area contributed by atoms with Crippen LogP contribution in [0.3, 0.4) is 0 Å². The fraction of sp³-hybridized carbons (Fsp3) is 0.263. The number of amides is 1. The Kier molecular flexibility index (Phi) is 6.82. The molecule has 0 fully saturated rings. The summed E-state index contributed by atoms with van der Waals surface area (Å²) in [6, 6.07) is 9.47. The van der Waals surface area contributed by atoms with Crippen LogP contribution in [0.2, 0.25) is 15.1 Å². The minimum atomic E-state index is -2.74. The van der Waals surface area contributed by atoms with Crippen molar-refractivity contribution in [2.24, 2.45) is 0 Å². The van der Waals surface area contributed by atoms with E-state index in [9.17, 15) is 13.6 Å². The predicted molar refractivity (Wildman–Crippen MR) is 109 cm³/mol. The monoisotopic (exact) mass is 461 g/mol. The first-order chi connectivity index (χ1) is 13.8. The van der Waals surface area contributed by atoms with Crippen molar-refractivity contribution in [3.63, 3.8) is 0 Å². The molecule has 0 saturated carbocycles. The van der Waals surface area contributed by atoms with Gasteiger partial charge >= 0.3 is 6.55 Å². The van der Waals surface area contributed by atoms with Crippen molar-refractivity contribution in [2.45, 2.75) is 19.4 Å². The molecule has 29 heavy (non-hydrogen) atoms. The van der Waals surface area contributed by atoms with Crippen LogP contribution in [0, 0.1) is 0 Å². The molecule has 3 rings (SSSR count). The number of hydrogen-bond acceptors (Lipinski definition) is 3. The normalized spacial score (nSPS) is 12.4. The van der Waals surface area contributed by atoms with Crippen LogP contribution >= 0.6 is 34.8 Å². The number of para-hydroxylation sites is 2. The van der Waals surface area contributed by atoms with Crippen molar-refractivity contribution >= 4 is 51.7 Å². The zero-order valence-electron chi connectivity index (χ0n) is 15.1. The number of fused-ring (bicyclic) bond motifs is 1. The summed E-state index contributed by atoms with van der Waals surface area (Å²) in [4.78, 5) is 16.4. The number of benzene rings is 2. The zero-order chi connectivity index (χ0) is 21.1. The van der Waals surface area contributed by atoms with Crippen molar-refractivity contribution in [3.05, 3.63) is 57.3 Å². The Hall–Kier alpha value is -2.09. The summed E-state index contributed by atoms with van der Waals surface area (Å²) in [5.41, 5.74) is 0.812. The average Bonchev–Trinajstić information content (AvgIpc) is 3.07. The number of carbonyl (C=O) groups is 1. The highest BCUT2D eigenvalue weighted by molar-refractivity contribution is 6.43. The van der Waals surface area contributed by atoms with E-state index in [0.29, 0.717) is 11.0 Å². The van der Waals surface area contributed by atoms with Crippen molar-refractivity contribution < 1.29 is 18.3 Å². The third-order valence-electron chi connectivity index (χ3n) is 4.20. The molecule has 1 N–H and O–H groups in total. The highest BCUT2D eigenvalue weighted by Crippen LogP contribution is 2.33. The number of halogens is 5. The van der Waals surface area contributed by atoms with Crippen LogP contribution in [0.5, 0.6) is 5.75 Å². The predicted octanol–water partition coefficient (Wildman–Crippen LogP) is 5.69. The van der Waals surface area contributed by atoms with E-state index in [-0.39, 0.29) is 39.8 Å². The molecule has 2 aromatic carbocycles. The Morgan fingerprint density at radius 2 is 1.86 bits per heavy atom. The second-order valence-electron chi connectivity index (χ2n) is 6.30. The van der Waals surface area contributed by atoms with Crippen molar-refractivity contribution in [3.8, 4) is 5.75 Å². The van der Waals surface area contributed by atoms with E-state index in [2.05, 4.69) is 10.3 Å². The summed E-state index contributed by atoms with van der Waals surface area (Å²) in [5.74, 6) is -0.494. The van der Waals surface area contributed by atoms with E-state index in [4.69, 9.17) is 39.5 Å². The Labute approximate surface area is 180 Å². The fourth-order valence-corrected chi connectivity index (χ4v) is 3.37. The topological polar surface area (TPSA) is 56.1 Å². The molecular weight excluding hydrogens is 447 g/mol. The largest absolute Gasteiger partial charge is 0.482 e. The number of hydrogen-bond donors (Lipinski definition) is 1. The highest BCUT2D eigenvalue weighted by Gasteiger charge is 2.22. The maximum absolute atomic E-state index is 13.5. The minimum Gasteiger partial charge on any atom is -0.482 e. The smallest absolute Gasteiger partial charge is 0.320 e. The summed E-state index contributed by atoms with van der Waals surface area (Å²) in [6.45, 7) is -1.25. The Morgan fingerprint density at radius 1 is 1.17 bits per heavy atom. The third-order valence-corrected chi connectivity index (χ3v) is 5.22. The molecule has 0 saturated heterocycles. The third kappa shape index (κ3) is 4.91. The second-order valence-corrected chi connectivity index (χ2v) is 7.52. The maximum Gasteiger partial charge on any atom is 0.320 e. The zero-order valence-corrected chi connectivity index (χ0v) is 17.4. The van der Waals surface area contributed by atoms with Crippen LogP contribution in [0.1, 0.15) is 25.2 Å². The molecule has 0 aliphatic carbocycles. The van der Waals surface area contributed by atoms with Gasteiger partial charge in [0.1, 0.15) is 11.6 Å². The van der Waals surface area contributed by atoms with E-state index in [1.54, 1.807) is 31.2 Å². The molecule has 1 aromatic heterocycles.